The van der Waals surface area contributed by atoms with Crippen molar-refractivity contribution in [2.75, 3.05) is 11.9 Å². The monoisotopic (exact) mass is 269 g/mol. The van der Waals surface area contributed by atoms with Gasteiger partial charge in [-0.1, -0.05) is 23.4 Å². The van der Waals surface area contributed by atoms with E-state index in [0.29, 0.717) is 13.1 Å². The lowest BCUT2D eigenvalue weighted by Crippen LogP contribution is -2.02. The lowest BCUT2D eigenvalue weighted by atomic mass is 10.2. The number of benzene rings is 1. The zero-order valence-electron chi connectivity index (χ0n) is 10.9. The summed E-state index contributed by atoms with van der Waals surface area (Å²) in [6, 6.07) is 9.98. The third-order valence-electron chi connectivity index (χ3n) is 3.01. The molecule has 6 nitrogen and oxygen atoms in total. The van der Waals surface area contributed by atoms with Gasteiger partial charge in [-0.3, -0.25) is 4.98 Å². The summed E-state index contributed by atoms with van der Waals surface area (Å²) >= 11 is 0. The fourth-order valence-corrected chi connectivity index (χ4v) is 2.06. The van der Waals surface area contributed by atoms with Crippen molar-refractivity contribution in [1.82, 2.24) is 20.0 Å². The van der Waals surface area contributed by atoms with Gasteiger partial charge in [0.15, 0.2) is 0 Å². The van der Waals surface area contributed by atoms with Gasteiger partial charge in [-0.25, -0.2) is 4.68 Å². The van der Waals surface area contributed by atoms with Crippen molar-refractivity contribution in [3.05, 3.63) is 48.4 Å². The number of fused-ring (bicyclic) bond motifs is 1. The molecule has 1 aromatic carbocycles. The number of aliphatic hydroxyl groups is 1. The Labute approximate surface area is 116 Å². The van der Waals surface area contributed by atoms with E-state index in [2.05, 4.69) is 20.6 Å². The van der Waals surface area contributed by atoms with Crippen LogP contribution >= 0.6 is 0 Å². The topological polar surface area (TPSA) is 75.9 Å². The number of nitrogens with one attached hydrogen (secondary N) is 1. The first-order valence-corrected chi connectivity index (χ1v) is 6.44. The van der Waals surface area contributed by atoms with Crippen LogP contribution in [0, 0.1) is 0 Å². The molecule has 2 aromatic heterocycles. The average molecular weight is 269 g/mol. The minimum Gasteiger partial charge on any atom is -0.394 e. The lowest BCUT2D eigenvalue weighted by molar-refractivity contribution is 0.268. The molecule has 3 rings (SSSR count). The molecule has 0 aliphatic rings. The highest BCUT2D eigenvalue weighted by Crippen LogP contribution is 2.20. The maximum atomic E-state index is 8.84. The maximum Gasteiger partial charge on any atom is 0.102 e. The Balaban J connectivity index is 1.76. The molecular weight excluding hydrogens is 254 g/mol. The molecule has 0 aliphatic carbocycles. The normalized spacial score (nSPS) is 10.8. The van der Waals surface area contributed by atoms with E-state index in [-0.39, 0.29) is 6.61 Å². The van der Waals surface area contributed by atoms with Crippen LogP contribution < -0.4 is 5.32 Å². The van der Waals surface area contributed by atoms with E-state index in [1.165, 1.54) is 0 Å². The minimum atomic E-state index is 0.0590. The van der Waals surface area contributed by atoms with E-state index < -0.39 is 0 Å². The van der Waals surface area contributed by atoms with Crippen LogP contribution in [0.15, 0.2) is 42.7 Å². The molecule has 2 N–H and O–H groups in total. The number of aliphatic hydroxyl groups excluding tert-OH is 1. The SMILES string of the molecule is OCCn1cc(CNc2cccc3cccnc23)nn1. The largest absolute Gasteiger partial charge is 0.394 e. The van der Waals surface area contributed by atoms with Gasteiger partial charge in [0.1, 0.15) is 5.69 Å². The summed E-state index contributed by atoms with van der Waals surface area (Å²) < 4.78 is 1.62. The second-order valence-corrected chi connectivity index (χ2v) is 4.43. The van der Waals surface area contributed by atoms with Crippen LogP contribution in [0.25, 0.3) is 10.9 Å². The molecule has 0 bridgehead atoms. The summed E-state index contributed by atoms with van der Waals surface area (Å²) in [5.41, 5.74) is 2.74. The van der Waals surface area contributed by atoms with Crippen molar-refractivity contribution in [3.63, 3.8) is 0 Å². The number of anilines is 1. The second kappa shape index (κ2) is 5.66. The van der Waals surface area contributed by atoms with Crippen LogP contribution in [0.4, 0.5) is 5.69 Å². The van der Waals surface area contributed by atoms with Crippen molar-refractivity contribution < 1.29 is 5.11 Å². The molecule has 0 saturated heterocycles. The molecule has 0 fully saturated rings. The summed E-state index contributed by atoms with van der Waals surface area (Å²) in [6.07, 6.45) is 3.60. The van der Waals surface area contributed by atoms with Crippen molar-refractivity contribution in [3.8, 4) is 0 Å². The summed E-state index contributed by atoms with van der Waals surface area (Å²) in [7, 11) is 0. The van der Waals surface area contributed by atoms with Crippen LogP contribution in [-0.4, -0.2) is 31.7 Å². The van der Waals surface area contributed by atoms with Gasteiger partial charge in [0.2, 0.25) is 0 Å². The number of pyridine rings is 1. The fourth-order valence-electron chi connectivity index (χ4n) is 2.06. The predicted octanol–water partition coefficient (Wildman–Crippen LogP) is 1.43. The number of aromatic nitrogens is 4. The van der Waals surface area contributed by atoms with Crippen molar-refractivity contribution in [2.45, 2.75) is 13.1 Å². The number of hydrogen-bond donors (Lipinski definition) is 2. The molecular formula is C14H15N5O. The molecule has 102 valence electrons. The van der Waals surface area contributed by atoms with E-state index in [9.17, 15) is 0 Å². The Morgan fingerprint density at radius 2 is 2.10 bits per heavy atom. The third kappa shape index (κ3) is 2.60. The maximum absolute atomic E-state index is 8.84. The number of para-hydroxylation sites is 1. The fraction of sp³-hybridized carbons (Fsp3) is 0.214. The minimum absolute atomic E-state index is 0.0590. The molecule has 0 amide bonds. The van der Waals surface area contributed by atoms with Crippen LogP contribution in [0.3, 0.4) is 0 Å². The smallest absolute Gasteiger partial charge is 0.102 e. The Morgan fingerprint density at radius 3 is 3.00 bits per heavy atom. The average Bonchev–Trinajstić information content (AvgIpc) is 2.93. The van der Waals surface area contributed by atoms with E-state index in [1.54, 1.807) is 10.9 Å². The molecule has 3 aromatic rings. The third-order valence-corrected chi connectivity index (χ3v) is 3.01. The summed E-state index contributed by atoms with van der Waals surface area (Å²) in [6.45, 7) is 1.09. The summed E-state index contributed by atoms with van der Waals surface area (Å²) in [5.74, 6) is 0. The Hall–Kier alpha value is -2.47. The lowest BCUT2D eigenvalue weighted by Gasteiger charge is -2.07. The van der Waals surface area contributed by atoms with Crippen LogP contribution in [0.2, 0.25) is 0 Å². The van der Waals surface area contributed by atoms with Crippen molar-refractivity contribution >= 4 is 16.6 Å². The Bertz CT molecular complexity index is 704. The molecule has 0 radical (unpaired) electrons. The van der Waals surface area contributed by atoms with Crippen molar-refractivity contribution in [1.29, 1.82) is 0 Å². The van der Waals surface area contributed by atoms with Crippen LogP contribution in [0.5, 0.6) is 0 Å². The highest BCUT2D eigenvalue weighted by molar-refractivity contribution is 5.90. The van der Waals surface area contributed by atoms with E-state index in [1.807, 2.05) is 36.5 Å². The van der Waals surface area contributed by atoms with Gasteiger partial charge < -0.3 is 10.4 Å². The molecule has 6 heteroatoms. The second-order valence-electron chi connectivity index (χ2n) is 4.43. The van der Waals surface area contributed by atoms with Gasteiger partial charge in [-0.2, -0.15) is 0 Å². The van der Waals surface area contributed by atoms with Gasteiger partial charge in [0.05, 0.1) is 37.1 Å². The first-order valence-electron chi connectivity index (χ1n) is 6.44. The quantitative estimate of drug-likeness (QED) is 0.733. The molecule has 0 spiro atoms. The molecule has 0 saturated carbocycles. The number of nitrogens with zero attached hydrogens (tertiary/aromatic N) is 4. The highest BCUT2D eigenvalue weighted by atomic mass is 16.3. The zero-order valence-corrected chi connectivity index (χ0v) is 10.9. The zero-order chi connectivity index (χ0) is 13.8. The van der Waals surface area contributed by atoms with Gasteiger partial charge in [0, 0.05) is 11.6 Å². The van der Waals surface area contributed by atoms with E-state index in [0.717, 1.165) is 22.3 Å². The molecule has 0 unspecified atom stereocenters. The number of hydrogen-bond acceptors (Lipinski definition) is 5. The standard InChI is InChI=1S/C14H15N5O/c20-8-7-19-10-12(17-18-19)9-16-13-5-1-3-11-4-2-6-15-14(11)13/h1-6,10,16,20H,7-9H2. The van der Waals surface area contributed by atoms with E-state index >= 15 is 0 Å². The van der Waals surface area contributed by atoms with Gasteiger partial charge >= 0.3 is 0 Å². The van der Waals surface area contributed by atoms with Crippen molar-refractivity contribution in [2.24, 2.45) is 0 Å². The summed E-state index contributed by atoms with van der Waals surface area (Å²) in [4.78, 5) is 4.39. The van der Waals surface area contributed by atoms with E-state index in [4.69, 9.17) is 5.11 Å². The first kappa shape index (κ1) is 12.6. The van der Waals surface area contributed by atoms with Gasteiger partial charge in [-0.05, 0) is 12.1 Å². The first-order chi connectivity index (χ1) is 9.86. The molecule has 2 heterocycles. The van der Waals surface area contributed by atoms with Crippen LogP contribution in [0.1, 0.15) is 5.69 Å². The molecule has 0 aliphatic heterocycles. The Kier molecular flexibility index (Phi) is 3.56. The molecule has 20 heavy (non-hydrogen) atoms. The van der Waals surface area contributed by atoms with Gasteiger partial charge in [0.25, 0.3) is 0 Å². The number of rotatable bonds is 5. The van der Waals surface area contributed by atoms with Gasteiger partial charge in [-0.15, -0.1) is 5.10 Å². The summed E-state index contributed by atoms with van der Waals surface area (Å²) in [5, 5.41) is 21.2. The predicted molar refractivity (Wildman–Crippen MR) is 76.2 cm³/mol. The highest BCUT2D eigenvalue weighted by Gasteiger charge is 2.03. The van der Waals surface area contributed by atoms with Crippen LogP contribution in [-0.2, 0) is 13.1 Å². The Morgan fingerprint density at radius 1 is 1.20 bits per heavy atom. The molecule has 0 atom stereocenters.